The molecule has 0 aromatic rings. The van der Waals surface area contributed by atoms with E-state index in [-0.39, 0.29) is 25.7 Å². The molecule has 19 heteroatoms. The van der Waals surface area contributed by atoms with E-state index in [0.29, 0.717) is 25.7 Å². The molecule has 0 aliphatic rings. The van der Waals surface area contributed by atoms with Crippen LogP contribution in [0.4, 0.5) is 0 Å². The molecule has 17 nitrogen and oxygen atoms in total. The zero-order valence-electron chi connectivity index (χ0n) is 64.9. The summed E-state index contributed by atoms with van der Waals surface area (Å²) in [5.74, 6) is -2.26. The third-order valence-electron chi connectivity index (χ3n) is 16.3. The molecule has 104 heavy (non-hydrogen) atoms. The number of carbonyl (C=O) groups excluding carboxylic acids is 4. The first-order valence-corrected chi connectivity index (χ1v) is 43.1. The number of aliphatic hydroxyl groups excluding tert-OH is 1. The molecular formula is C85H142O17P2. The van der Waals surface area contributed by atoms with Gasteiger partial charge in [0.15, 0.2) is 12.2 Å². The highest BCUT2D eigenvalue weighted by Gasteiger charge is 2.30. The maximum Gasteiger partial charge on any atom is 0.472 e. The molecule has 0 aliphatic carbocycles. The van der Waals surface area contributed by atoms with Gasteiger partial charge in [0.05, 0.1) is 26.4 Å². The van der Waals surface area contributed by atoms with Gasteiger partial charge >= 0.3 is 39.5 Å². The van der Waals surface area contributed by atoms with Crippen molar-refractivity contribution in [1.82, 2.24) is 0 Å². The van der Waals surface area contributed by atoms with Crippen molar-refractivity contribution >= 4 is 39.5 Å². The fraction of sp³-hybridized carbons (Fsp3) is 0.671. The quantitative estimate of drug-likeness (QED) is 0.0169. The molecule has 0 spiro atoms. The Balaban J connectivity index is 5.43. The number of phosphoric acid groups is 2. The number of unbranched alkanes of at least 4 members (excludes halogenated alkanes) is 24. The van der Waals surface area contributed by atoms with Gasteiger partial charge in [0, 0.05) is 25.7 Å². The summed E-state index contributed by atoms with van der Waals surface area (Å²) < 4.78 is 68.6. The van der Waals surface area contributed by atoms with Crippen LogP contribution in [0.5, 0.6) is 0 Å². The van der Waals surface area contributed by atoms with E-state index in [4.69, 9.17) is 37.0 Å². The zero-order chi connectivity index (χ0) is 76.0. The van der Waals surface area contributed by atoms with Crippen molar-refractivity contribution in [3.8, 4) is 0 Å². The van der Waals surface area contributed by atoms with Gasteiger partial charge < -0.3 is 33.8 Å². The van der Waals surface area contributed by atoms with E-state index in [2.05, 4.69) is 174 Å². The molecule has 0 fully saturated rings. The Kier molecular flexibility index (Phi) is 72.4. The van der Waals surface area contributed by atoms with Gasteiger partial charge in [0.25, 0.3) is 0 Å². The SMILES string of the molecule is CC/C=C\C/C=C\C/C=C\C/C=C\CCCCC(=O)OCC(COP(=O)(O)OCC(O)COP(=O)(O)OCC(COC(=O)CCCCCCCCC/C=C\C/C=C\C/C=C\CC)OC(=O)CCCCCCCCC/C=C\C/C=C\C/C=C\CC)OC(=O)CCCCCCC/C=C\C/C=C\CCCCC. The van der Waals surface area contributed by atoms with E-state index >= 15 is 0 Å². The number of hydrogen-bond acceptors (Lipinski definition) is 15. The van der Waals surface area contributed by atoms with Gasteiger partial charge in [0.1, 0.15) is 19.3 Å². The lowest BCUT2D eigenvalue weighted by Crippen LogP contribution is -2.30. The predicted molar refractivity (Wildman–Crippen MR) is 427 cm³/mol. The van der Waals surface area contributed by atoms with E-state index in [9.17, 15) is 43.2 Å². The van der Waals surface area contributed by atoms with Crippen molar-refractivity contribution in [3.63, 3.8) is 0 Å². The molecule has 0 saturated heterocycles. The van der Waals surface area contributed by atoms with E-state index < -0.39 is 97.5 Å². The van der Waals surface area contributed by atoms with Gasteiger partial charge in [-0.15, -0.1) is 0 Å². The van der Waals surface area contributed by atoms with Crippen LogP contribution < -0.4 is 0 Å². The van der Waals surface area contributed by atoms with Gasteiger partial charge in [-0.2, -0.15) is 0 Å². The van der Waals surface area contributed by atoms with E-state index in [0.717, 1.165) is 212 Å². The van der Waals surface area contributed by atoms with Crippen molar-refractivity contribution < 1.29 is 80.2 Å². The number of rotatable bonds is 74. The second-order valence-electron chi connectivity index (χ2n) is 26.2. The van der Waals surface area contributed by atoms with Crippen molar-refractivity contribution in [1.29, 1.82) is 0 Å². The summed E-state index contributed by atoms with van der Waals surface area (Å²) >= 11 is 0. The molecule has 0 bridgehead atoms. The minimum Gasteiger partial charge on any atom is -0.462 e. The topological polar surface area (TPSA) is 237 Å². The van der Waals surface area contributed by atoms with E-state index in [1.54, 1.807) is 0 Å². The molecule has 0 radical (unpaired) electrons. The molecule has 0 rings (SSSR count). The number of phosphoric ester groups is 2. The standard InChI is InChI=1S/C85H142O17P2/c1-5-9-13-17-21-25-29-33-37-39-43-46-50-54-58-62-66-70-83(88)96-76-81(102-85(90)72-68-64-60-56-52-48-44-40-38-34-30-26-22-18-14-10-6-2)78-100-104(93,94)98-74-79(86)73-97-103(91,92)99-77-80(101-84(89)71-67-63-59-55-51-47-42-36-32-28-24-20-16-12-8-4)75-95-82(87)69-65-61-57-53-49-45-41-35-31-27-23-19-15-11-7-3/h9-11,13-15,21-28,33-38,41-42,49,53,79-81,86H,5-8,12,16-20,29-32,39-40,43-48,50-52,54-78H2,1-4H3,(H,91,92)(H,93,94)/b13-9-,14-10-,15-11-,25-21-,26-22-,27-23-,28-24-,37-33-,38-34-,41-35-,42-36-,53-49-. The van der Waals surface area contributed by atoms with Crippen molar-refractivity contribution in [2.45, 2.75) is 329 Å². The minimum absolute atomic E-state index is 0.0661. The van der Waals surface area contributed by atoms with Gasteiger partial charge in [-0.1, -0.05) is 270 Å². The average molecular weight is 1500 g/mol. The molecule has 5 atom stereocenters. The Hall–Kier alpha value is -5.06. The van der Waals surface area contributed by atoms with Crippen LogP contribution in [-0.4, -0.2) is 96.7 Å². The van der Waals surface area contributed by atoms with E-state index in [1.807, 2.05) is 0 Å². The van der Waals surface area contributed by atoms with E-state index in [1.165, 1.54) is 19.3 Å². The normalized spacial score (nSPS) is 14.6. The van der Waals surface area contributed by atoms with Crippen molar-refractivity contribution in [2.24, 2.45) is 0 Å². The Morgan fingerprint density at radius 1 is 0.279 bits per heavy atom. The summed E-state index contributed by atoms with van der Waals surface area (Å²) in [6.07, 6.45) is 86.8. The highest BCUT2D eigenvalue weighted by molar-refractivity contribution is 7.47. The fourth-order valence-electron chi connectivity index (χ4n) is 10.3. The smallest absolute Gasteiger partial charge is 0.462 e. The fourth-order valence-corrected chi connectivity index (χ4v) is 11.8. The average Bonchev–Trinajstić information content (AvgIpc) is 0.926. The molecule has 594 valence electrons. The Morgan fingerprint density at radius 2 is 0.500 bits per heavy atom. The van der Waals surface area contributed by atoms with Gasteiger partial charge in [0.2, 0.25) is 0 Å². The first-order valence-electron chi connectivity index (χ1n) is 40.1. The summed E-state index contributed by atoms with van der Waals surface area (Å²) in [6.45, 7) is 4.44. The third kappa shape index (κ3) is 75.2. The van der Waals surface area contributed by atoms with Crippen LogP contribution in [-0.2, 0) is 65.4 Å². The number of carbonyl (C=O) groups is 4. The third-order valence-corrected chi connectivity index (χ3v) is 18.2. The number of aliphatic hydroxyl groups is 1. The largest absolute Gasteiger partial charge is 0.472 e. The summed E-state index contributed by atoms with van der Waals surface area (Å²) in [7, 11) is -9.99. The van der Waals surface area contributed by atoms with Gasteiger partial charge in [-0.3, -0.25) is 37.3 Å². The van der Waals surface area contributed by atoms with Crippen LogP contribution in [0.3, 0.4) is 0 Å². The van der Waals surface area contributed by atoms with Crippen molar-refractivity contribution in [3.05, 3.63) is 146 Å². The minimum atomic E-state index is -5.00. The summed E-state index contributed by atoms with van der Waals surface area (Å²) in [4.78, 5) is 73.1. The van der Waals surface area contributed by atoms with Crippen LogP contribution in [0.25, 0.3) is 0 Å². The van der Waals surface area contributed by atoms with Crippen LogP contribution in [0.15, 0.2) is 146 Å². The second kappa shape index (κ2) is 76.1. The predicted octanol–water partition coefficient (Wildman–Crippen LogP) is 23.4. The van der Waals surface area contributed by atoms with Crippen LogP contribution in [0, 0.1) is 0 Å². The first-order chi connectivity index (χ1) is 50.7. The first kappa shape index (κ1) is 98.9. The maximum absolute atomic E-state index is 13.1. The second-order valence-corrected chi connectivity index (χ2v) is 29.1. The molecular weight excluding hydrogens is 1350 g/mol. The number of ether oxygens (including phenoxy) is 4. The number of hydrogen-bond donors (Lipinski definition) is 3. The summed E-state index contributed by atoms with van der Waals surface area (Å²) in [6, 6.07) is 0. The number of allylic oxidation sites excluding steroid dienone is 24. The lowest BCUT2D eigenvalue weighted by molar-refractivity contribution is -0.161. The Bertz CT molecular complexity index is 2540. The summed E-state index contributed by atoms with van der Waals surface area (Å²) in [5.41, 5.74) is 0. The van der Waals surface area contributed by atoms with Crippen LogP contribution >= 0.6 is 15.6 Å². The highest BCUT2D eigenvalue weighted by Crippen LogP contribution is 2.45. The molecule has 0 aliphatic heterocycles. The number of esters is 4. The molecule has 0 heterocycles. The molecule has 3 N–H and O–H groups in total. The molecule has 0 saturated carbocycles. The van der Waals surface area contributed by atoms with Crippen molar-refractivity contribution in [2.75, 3.05) is 39.6 Å². The molecule has 5 unspecified atom stereocenters. The zero-order valence-corrected chi connectivity index (χ0v) is 66.7. The van der Waals surface area contributed by atoms with Crippen LogP contribution in [0.1, 0.15) is 310 Å². The lowest BCUT2D eigenvalue weighted by atomic mass is 10.1. The molecule has 0 aromatic heterocycles. The van der Waals surface area contributed by atoms with Gasteiger partial charge in [-0.05, 0) is 161 Å². The van der Waals surface area contributed by atoms with Crippen LogP contribution in [0.2, 0.25) is 0 Å². The molecule has 0 aromatic carbocycles. The molecule has 0 amide bonds. The van der Waals surface area contributed by atoms with Gasteiger partial charge in [-0.25, -0.2) is 9.13 Å². The monoisotopic (exact) mass is 1500 g/mol. The maximum atomic E-state index is 13.1. The Labute approximate surface area is 630 Å². The Morgan fingerprint density at radius 3 is 0.788 bits per heavy atom. The summed E-state index contributed by atoms with van der Waals surface area (Å²) in [5, 5.41) is 10.6. The highest BCUT2D eigenvalue weighted by atomic mass is 31.2. The lowest BCUT2D eigenvalue weighted by Gasteiger charge is -2.21.